The molecule has 0 atom stereocenters. The van der Waals surface area contributed by atoms with Gasteiger partial charge in [-0.1, -0.05) is 176 Å². The van der Waals surface area contributed by atoms with Crippen LogP contribution in [0.1, 0.15) is 22.3 Å². The third kappa shape index (κ3) is 3.96. The van der Waals surface area contributed by atoms with Crippen molar-refractivity contribution in [3.05, 3.63) is 216 Å². The summed E-state index contributed by atoms with van der Waals surface area (Å²) in [5, 5.41) is 10.4. The summed E-state index contributed by atoms with van der Waals surface area (Å²) in [5.74, 6) is 0. The Bertz CT molecular complexity index is 2830. The first-order valence-corrected chi connectivity index (χ1v) is 17.8. The molecular formula is C51H32. The summed E-state index contributed by atoms with van der Waals surface area (Å²) in [7, 11) is 0. The Kier molecular flexibility index (Phi) is 5.97. The van der Waals surface area contributed by atoms with Gasteiger partial charge in [0.2, 0.25) is 0 Å². The minimum Gasteiger partial charge on any atom is -0.0622 e. The lowest BCUT2D eigenvalue weighted by atomic mass is 9.67. The Morgan fingerprint density at radius 2 is 0.863 bits per heavy atom. The van der Waals surface area contributed by atoms with E-state index in [0.29, 0.717) is 0 Å². The topological polar surface area (TPSA) is 0 Å². The van der Waals surface area contributed by atoms with Crippen LogP contribution in [0.4, 0.5) is 0 Å². The monoisotopic (exact) mass is 644 g/mol. The van der Waals surface area contributed by atoms with Crippen molar-refractivity contribution in [2.45, 2.75) is 5.41 Å². The molecule has 0 radical (unpaired) electrons. The Hall–Kier alpha value is -6.50. The zero-order chi connectivity index (χ0) is 33.5. The first-order valence-electron chi connectivity index (χ1n) is 17.8. The summed E-state index contributed by atoms with van der Waals surface area (Å²) >= 11 is 0. The number of hydrogen-bond acceptors (Lipinski definition) is 0. The molecular weight excluding hydrogens is 613 g/mol. The standard InChI is InChI=1S/C51H32/c1-4-12-33(13-5-1)42-20-11-21-44-43(42)27-29-47-50(44)45-32-36(26-28-46(45)51(47,40-16-6-2-7-17-40)41-18-8-3-9-19-41)39-30-37-24-22-34-14-10-15-35-23-25-38(31-39)49(37)48(34)35/h1-32H. The van der Waals surface area contributed by atoms with E-state index in [0.717, 1.165) is 0 Å². The number of rotatable bonds is 4. The van der Waals surface area contributed by atoms with Gasteiger partial charge in [-0.3, -0.25) is 0 Å². The fraction of sp³-hybridized carbons (Fsp3) is 0.0196. The van der Waals surface area contributed by atoms with Crippen LogP contribution in [0, 0.1) is 0 Å². The third-order valence-corrected chi connectivity index (χ3v) is 11.5. The summed E-state index contributed by atoms with van der Waals surface area (Å²) in [5.41, 5.74) is 12.4. The second-order valence-corrected chi connectivity index (χ2v) is 14.0. The molecule has 11 rings (SSSR count). The van der Waals surface area contributed by atoms with Gasteiger partial charge < -0.3 is 0 Å². The van der Waals surface area contributed by atoms with E-state index in [1.807, 2.05) is 0 Å². The quantitative estimate of drug-likeness (QED) is 0.167. The van der Waals surface area contributed by atoms with Gasteiger partial charge in [0.25, 0.3) is 0 Å². The van der Waals surface area contributed by atoms with Crippen LogP contribution in [0.2, 0.25) is 0 Å². The van der Waals surface area contributed by atoms with Crippen LogP contribution in [0.25, 0.3) is 76.5 Å². The molecule has 0 N–H and O–H groups in total. The highest BCUT2D eigenvalue weighted by Gasteiger charge is 2.46. The summed E-state index contributed by atoms with van der Waals surface area (Å²) in [6, 6.07) is 72.4. The summed E-state index contributed by atoms with van der Waals surface area (Å²) in [6.45, 7) is 0. The first kappa shape index (κ1) is 28.3. The molecule has 0 heterocycles. The van der Waals surface area contributed by atoms with E-state index in [9.17, 15) is 0 Å². The second-order valence-electron chi connectivity index (χ2n) is 14.0. The Morgan fingerprint density at radius 1 is 0.294 bits per heavy atom. The molecule has 0 fully saturated rings. The minimum absolute atomic E-state index is 0.462. The van der Waals surface area contributed by atoms with E-state index in [2.05, 4.69) is 194 Å². The van der Waals surface area contributed by atoms with Gasteiger partial charge >= 0.3 is 0 Å². The van der Waals surface area contributed by atoms with Gasteiger partial charge in [-0.05, 0) is 117 Å². The van der Waals surface area contributed by atoms with Crippen molar-refractivity contribution in [3.8, 4) is 33.4 Å². The average Bonchev–Trinajstić information content (AvgIpc) is 3.51. The van der Waals surface area contributed by atoms with Crippen molar-refractivity contribution >= 4 is 43.1 Å². The molecule has 10 aromatic rings. The molecule has 1 aliphatic carbocycles. The van der Waals surface area contributed by atoms with E-state index in [4.69, 9.17) is 0 Å². The molecule has 0 aromatic heterocycles. The van der Waals surface area contributed by atoms with Gasteiger partial charge in [0, 0.05) is 0 Å². The number of hydrogen-bond donors (Lipinski definition) is 0. The van der Waals surface area contributed by atoms with E-state index in [1.54, 1.807) is 0 Å². The largest absolute Gasteiger partial charge is 0.0713 e. The summed E-state index contributed by atoms with van der Waals surface area (Å²) in [6.07, 6.45) is 0. The predicted octanol–water partition coefficient (Wildman–Crippen LogP) is 13.4. The maximum absolute atomic E-state index is 2.48. The lowest BCUT2D eigenvalue weighted by Gasteiger charge is -2.34. The van der Waals surface area contributed by atoms with Gasteiger partial charge in [0.05, 0.1) is 5.41 Å². The molecule has 0 amide bonds. The third-order valence-electron chi connectivity index (χ3n) is 11.5. The van der Waals surface area contributed by atoms with Crippen LogP contribution in [0.3, 0.4) is 0 Å². The molecule has 236 valence electrons. The summed E-state index contributed by atoms with van der Waals surface area (Å²) < 4.78 is 0. The van der Waals surface area contributed by atoms with Crippen molar-refractivity contribution in [2.24, 2.45) is 0 Å². The maximum Gasteiger partial charge on any atom is 0.0713 e. The van der Waals surface area contributed by atoms with Gasteiger partial charge in [0.15, 0.2) is 0 Å². The first-order chi connectivity index (χ1) is 25.3. The van der Waals surface area contributed by atoms with Crippen molar-refractivity contribution in [2.75, 3.05) is 0 Å². The molecule has 10 aromatic carbocycles. The van der Waals surface area contributed by atoms with Crippen molar-refractivity contribution in [1.29, 1.82) is 0 Å². The smallest absolute Gasteiger partial charge is 0.0622 e. The van der Waals surface area contributed by atoms with E-state index in [-0.39, 0.29) is 0 Å². The van der Waals surface area contributed by atoms with E-state index >= 15 is 0 Å². The second kappa shape index (κ2) is 10.7. The van der Waals surface area contributed by atoms with Gasteiger partial charge in [0.1, 0.15) is 0 Å². The Balaban J connectivity index is 1.23. The SMILES string of the molecule is c1ccc(-c2cccc3c4c(ccc23)C(c2ccccc2)(c2ccccc2)c2ccc(-c3cc5ccc6cccc7ccc(c3)c5c67)cc2-4)cc1. The minimum atomic E-state index is -0.462. The molecule has 51 heavy (non-hydrogen) atoms. The Morgan fingerprint density at radius 3 is 1.53 bits per heavy atom. The molecule has 0 heteroatoms. The fourth-order valence-electron chi connectivity index (χ4n) is 9.32. The molecule has 1 aliphatic rings. The molecule has 0 aliphatic heterocycles. The number of benzene rings is 10. The summed E-state index contributed by atoms with van der Waals surface area (Å²) in [4.78, 5) is 0. The molecule has 0 nitrogen and oxygen atoms in total. The predicted molar refractivity (Wildman–Crippen MR) is 216 cm³/mol. The fourth-order valence-corrected chi connectivity index (χ4v) is 9.32. The lowest BCUT2D eigenvalue weighted by molar-refractivity contribution is 0.769. The van der Waals surface area contributed by atoms with Crippen LogP contribution in [-0.4, -0.2) is 0 Å². The molecule has 0 unspecified atom stereocenters. The van der Waals surface area contributed by atoms with Crippen molar-refractivity contribution in [3.63, 3.8) is 0 Å². The van der Waals surface area contributed by atoms with E-state index in [1.165, 1.54) is 98.7 Å². The van der Waals surface area contributed by atoms with Crippen LogP contribution in [0.5, 0.6) is 0 Å². The lowest BCUT2D eigenvalue weighted by Crippen LogP contribution is -2.28. The highest BCUT2D eigenvalue weighted by molar-refractivity contribution is 6.23. The Labute approximate surface area is 297 Å². The zero-order valence-corrected chi connectivity index (χ0v) is 28.0. The van der Waals surface area contributed by atoms with Crippen molar-refractivity contribution < 1.29 is 0 Å². The zero-order valence-electron chi connectivity index (χ0n) is 28.0. The molecule has 0 saturated heterocycles. The normalized spacial score (nSPS) is 13.3. The van der Waals surface area contributed by atoms with Gasteiger partial charge in [-0.25, -0.2) is 0 Å². The average molecular weight is 645 g/mol. The number of fused-ring (bicyclic) bond motifs is 5. The van der Waals surface area contributed by atoms with Gasteiger partial charge in [-0.15, -0.1) is 0 Å². The molecule has 0 saturated carbocycles. The molecule has 0 bridgehead atoms. The maximum atomic E-state index is 2.48. The van der Waals surface area contributed by atoms with Gasteiger partial charge in [-0.2, -0.15) is 0 Å². The molecule has 0 spiro atoms. The van der Waals surface area contributed by atoms with Crippen molar-refractivity contribution in [1.82, 2.24) is 0 Å². The van der Waals surface area contributed by atoms with Crippen LogP contribution >= 0.6 is 0 Å². The van der Waals surface area contributed by atoms with Crippen LogP contribution < -0.4 is 0 Å². The highest BCUT2D eigenvalue weighted by atomic mass is 14.5. The highest BCUT2D eigenvalue weighted by Crippen LogP contribution is 2.59. The van der Waals surface area contributed by atoms with E-state index < -0.39 is 5.41 Å². The van der Waals surface area contributed by atoms with Crippen LogP contribution in [-0.2, 0) is 5.41 Å². The van der Waals surface area contributed by atoms with Crippen LogP contribution in [0.15, 0.2) is 194 Å².